The minimum absolute atomic E-state index is 0.904. The molecule has 0 saturated heterocycles. The predicted octanol–water partition coefficient (Wildman–Crippen LogP) is 7.41. The molecule has 0 aromatic heterocycles. The first-order chi connectivity index (χ1) is 12.8. The number of rotatable bonds is 11. The van der Waals surface area contributed by atoms with Gasteiger partial charge in [0.15, 0.2) is 0 Å². The van der Waals surface area contributed by atoms with Gasteiger partial charge in [-0.1, -0.05) is 82.2 Å². The van der Waals surface area contributed by atoms with Crippen LogP contribution < -0.4 is 0 Å². The van der Waals surface area contributed by atoms with Crippen LogP contribution in [0.1, 0.15) is 88.7 Å². The van der Waals surface area contributed by atoms with Crippen molar-refractivity contribution in [2.45, 2.75) is 90.4 Å². The number of hydrogen-bond acceptors (Lipinski definition) is 1. The third-order valence-electron chi connectivity index (χ3n) is 6.07. The second-order valence-electron chi connectivity index (χ2n) is 8.16. The van der Waals surface area contributed by atoms with Crippen molar-refractivity contribution in [3.63, 3.8) is 0 Å². The lowest BCUT2D eigenvalue weighted by Gasteiger charge is -2.28. The molecule has 1 nitrogen and oxygen atoms in total. The lowest BCUT2D eigenvalue weighted by molar-refractivity contribution is 0.250. The van der Waals surface area contributed by atoms with Gasteiger partial charge in [-0.3, -0.25) is 0 Å². The quantitative estimate of drug-likeness (QED) is 0.301. The van der Waals surface area contributed by atoms with E-state index in [4.69, 9.17) is 5.26 Å². The number of aryl methyl sites for hydroxylation is 2. The number of allylic oxidation sites excluding steroid dienone is 2. The second kappa shape index (κ2) is 12.7. The van der Waals surface area contributed by atoms with Crippen LogP contribution in [0.5, 0.6) is 0 Å². The van der Waals surface area contributed by atoms with Gasteiger partial charge in [-0.2, -0.15) is 5.26 Å². The topological polar surface area (TPSA) is 23.8 Å². The van der Waals surface area contributed by atoms with Gasteiger partial charge < -0.3 is 0 Å². The van der Waals surface area contributed by atoms with Crippen molar-refractivity contribution < 1.29 is 0 Å². The van der Waals surface area contributed by atoms with Crippen molar-refractivity contribution in [3.05, 3.63) is 47.5 Å². The zero-order chi connectivity index (χ0) is 18.5. The van der Waals surface area contributed by atoms with Crippen molar-refractivity contribution in [3.8, 4) is 6.07 Å². The van der Waals surface area contributed by atoms with Gasteiger partial charge in [0, 0.05) is 6.08 Å². The van der Waals surface area contributed by atoms with E-state index in [1.807, 2.05) is 6.08 Å². The first kappa shape index (κ1) is 20.8. The van der Waals surface area contributed by atoms with Crippen LogP contribution in [0.15, 0.2) is 36.4 Å². The van der Waals surface area contributed by atoms with Gasteiger partial charge >= 0.3 is 0 Å². The van der Waals surface area contributed by atoms with E-state index in [-0.39, 0.29) is 0 Å². The minimum atomic E-state index is 0.904. The summed E-state index contributed by atoms with van der Waals surface area (Å²) in [4.78, 5) is 0. The summed E-state index contributed by atoms with van der Waals surface area (Å²) >= 11 is 0. The van der Waals surface area contributed by atoms with E-state index in [1.54, 1.807) is 6.08 Å². The van der Waals surface area contributed by atoms with Crippen molar-refractivity contribution in [2.24, 2.45) is 11.8 Å². The van der Waals surface area contributed by atoms with Crippen molar-refractivity contribution in [1.82, 2.24) is 0 Å². The number of nitrogens with zero attached hydrogens (tertiary/aromatic N) is 1. The lowest BCUT2D eigenvalue weighted by Crippen LogP contribution is -2.14. The molecule has 0 N–H and O–H groups in total. The molecule has 0 spiro atoms. The van der Waals surface area contributed by atoms with Gasteiger partial charge in [0.05, 0.1) is 6.07 Å². The Morgan fingerprint density at radius 1 is 0.885 bits per heavy atom. The maximum Gasteiger partial charge on any atom is 0.0908 e. The summed E-state index contributed by atoms with van der Waals surface area (Å²) < 4.78 is 0. The van der Waals surface area contributed by atoms with Crippen LogP contribution in [-0.4, -0.2) is 0 Å². The van der Waals surface area contributed by atoms with Crippen molar-refractivity contribution in [1.29, 1.82) is 5.26 Å². The van der Waals surface area contributed by atoms with Crippen LogP contribution in [-0.2, 0) is 12.8 Å². The Bertz CT molecular complexity index is 541. The first-order valence-corrected chi connectivity index (χ1v) is 10.9. The molecule has 1 aromatic rings. The minimum Gasteiger partial charge on any atom is -0.193 e. The van der Waals surface area contributed by atoms with Crippen LogP contribution in [0.4, 0.5) is 0 Å². The highest BCUT2D eigenvalue weighted by molar-refractivity contribution is 5.22. The fourth-order valence-corrected chi connectivity index (χ4v) is 4.29. The molecule has 1 aliphatic carbocycles. The zero-order valence-electron chi connectivity index (χ0n) is 16.8. The van der Waals surface area contributed by atoms with E-state index >= 15 is 0 Å². The SMILES string of the molecule is CCCCc1ccc(CCCCC2CCC(CCC=CC#N)CC2)cc1. The smallest absolute Gasteiger partial charge is 0.0908 e. The van der Waals surface area contributed by atoms with Gasteiger partial charge in [-0.15, -0.1) is 0 Å². The first-order valence-electron chi connectivity index (χ1n) is 10.9. The average Bonchev–Trinajstić information content (AvgIpc) is 2.69. The van der Waals surface area contributed by atoms with Gasteiger partial charge in [0.1, 0.15) is 0 Å². The third-order valence-corrected chi connectivity index (χ3v) is 6.07. The maximum absolute atomic E-state index is 8.52. The van der Waals surface area contributed by atoms with Gasteiger partial charge in [0.2, 0.25) is 0 Å². The van der Waals surface area contributed by atoms with E-state index in [2.05, 4.69) is 37.3 Å². The number of benzene rings is 1. The molecule has 1 heteroatoms. The molecule has 0 atom stereocenters. The fraction of sp³-hybridized carbons (Fsp3) is 0.640. The molecule has 0 bridgehead atoms. The van der Waals surface area contributed by atoms with Crippen LogP contribution in [0.2, 0.25) is 0 Å². The van der Waals surface area contributed by atoms with E-state index in [0.29, 0.717) is 0 Å². The summed E-state index contributed by atoms with van der Waals surface area (Å²) in [7, 11) is 0. The molecule has 0 amide bonds. The highest BCUT2D eigenvalue weighted by Gasteiger charge is 2.20. The molecule has 1 saturated carbocycles. The van der Waals surface area contributed by atoms with Crippen molar-refractivity contribution >= 4 is 0 Å². The van der Waals surface area contributed by atoms with Crippen LogP contribution >= 0.6 is 0 Å². The van der Waals surface area contributed by atoms with Gasteiger partial charge in [0.25, 0.3) is 0 Å². The Labute approximate surface area is 161 Å². The maximum atomic E-state index is 8.52. The fourth-order valence-electron chi connectivity index (χ4n) is 4.29. The molecule has 26 heavy (non-hydrogen) atoms. The van der Waals surface area contributed by atoms with E-state index in [9.17, 15) is 0 Å². The molecular formula is C25H37N. The summed E-state index contributed by atoms with van der Waals surface area (Å²) in [6.07, 6.45) is 20.9. The summed E-state index contributed by atoms with van der Waals surface area (Å²) in [5, 5.41) is 8.52. The molecule has 1 aliphatic rings. The number of nitriles is 1. The number of unbranched alkanes of at least 4 members (excludes halogenated alkanes) is 2. The largest absolute Gasteiger partial charge is 0.193 e. The predicted molar refractivity (Wildman–Crippen MR) is 112 cm³/mol. The summed E-state index contributed by atoms with van der Waals surface area (Å²) in [5.41, 5.74) is 3.01. The van der Waals surface area contributed by atoms with Gasteiger partial charge in [-0.05, 0) is 61.5 Å². The van der Waals surface area contributed by atoms with Gasteiger partial charge in [-0.25, -0.2) is 0 Å². The Morgan fingerprint density at radius 2 is 1.46 bits per heavy atom. The number of hydrogen-bond donors (Lipinski definition) is 0. The molecule has 0 radical (unpaired) electrons. The molecule has 0 aliphatic heterocycles. The summed E-state index contributed by atoms with van der Waals surface area (Å²) in [5.74, 6) is 1.87. The highest BCUT2D eigenvalue weighted by atomic mass is 14.3. The van der Waals surface area contributed by atoms with E-state index < -0.39 is 0 Å². The lowest BCUT2D eigenvalue weighted by atomic mass is 9.78. The normalized spacial score (nSPS) is 20.3. The Hall–Kier alpha value is -1.55. The van der Waals surface area contributed by atoms with E-state index in [0.717, 1.165) is 18.3 Å². The zero-order valence-corrected chi connectivity index (χ0v) is 16.8. The molecule has 0 unspecified atom stereocenters. The Morgan fingerprint density at radius 3 is 2.04 bits per heavy atom. The standard InChI is InChI=1S/C25H37N/c1-2-3-9-22-13-15-24(16-14-22)11-6-7-12-25-19-17-23(18-20-25)10-5-4-8-21-26/h4,8,13-16,23,25H,2-3,5-7,9-12,17-20H2,1H3. The monoisotopic (exact) mass is 351 g/mol. The molecule has 0 heterocycles. The summed E-state index contributed by atoms with van der Waals surface area (Å²) in [6, 6.07) is 11.4. The molecule has 1 aromatic carbocycles. The van der Waals surface area contributed by atoms with Crippen LogP contribution in [0.25, 0.3) is 0 Å². The molecule has 2 rings (SSSR count). The molecule has 142 valence electrons. The molecule has 1 fully saturated rings. The summed E-state index contributed by atoms with van der Waals surface area (Å²) in [6.45, 7) is 2.26. The van der Waals surface area contributed by atoms with Crippen LogP contribution in [0, 0.1) is 23.2 Å². The van der Waals surface area contributed by atoms with Crippen LogP contribution in [0.3, 0.4) is 0 Å². The Balaban J connectivity index is 1.54. The molecular weight excluding hydrogens is 314 g/mol. The average molecular weight is 352 g/mol. The van der Waals surface area contributed by atoms with E-state index in [1.165, 1.54) is 88.2 Å². The highest BCUT2D eigenvalue weighted by Crippen LogP contribution is 2.34. The third kappa shape index (κ3) is 8.22. The van der Waals surface area contributed by atoms with Crippen molar-refractivity contribution in [2.75, 3.05) is 0 Å². The Kier molecular flexibility index (Phi) is 10.2. The second-order valence-corrected chi connectivity index (χ2v) is 8.16.